The minimum absolute atomic E-state index is 0.0974. The third-order valence-electron chi connectivity index (χ3n) is 4.90. The average Bonchev–Trinajstić information content (AvgIpc) is 3.03. The fourth-order valence-electron chi connectivity index (χ4n) is 3.79. The van der Waals surface area contributed by atoms with E-state index < -0.39 is 11.8 Å². The number of benzene rings is 2. The monoisotopic (exact) mass is 343 g/mol. The Morgan fingerprint density at radius 2 is 2.08 bits per heavy atom. The van der Waals surface area contributed by atoms with E-state index in [0.29, 0.717) is 10.9 Å². The number of nitrogens with one attached hydrogen (secondary N) is 1. The molecule has 1 heterocycles. The molecule has 2 aromatic carbocycles. The highest BCUT2D eigenvalue weighted by Gasteiger charge is 2.38. The van der Waals surface area contributed by atoms with Crippen molar-refractivity contribution in [3.63, 3.8) is 0 Å². The molecule has 0 saturated carbocycles. The number of rotatable bonds is 2. The summed E-state index contributed by atoms with van der Waals surface area (Å²) in [5, 5.41) is 13.2. The number of fused-ring (bicyclic) bond motifs is 3. The van der Waals surface area contributed by atoms with E-state index in [0.717, 1.165) is 17.7 Å². The molecule has 0 unspecified atom stereocenters. The van der Waals surface area contributed by atoms with Crippen LogP contribution in [0, 0.1) is 11.7 Å². The van der Waals surface area contributed by atoms with Gasteiger partial charge in [0.2, 0.25) is 0 Å². The Labute approximate surface area is 143 Å². The summed E-state index contributed by atoms with van der Waals surface area (Å²) in [5.41, 5.74) is 2.62. The molecule has 0 fully saturated rings. The first-order valence-electron chi connectivity index (χ1n) is 7.80. The molecular formula is C19H15ClFNO2. The van der Waals surface area contributed by atoms with Gasteiger partial charge in [-0.2, -0.15) is 0 Å². The van der Waals surface area contributed by atoms with Crippen LogP contribution in [0.5, 0.6) is 0 Å². The largest absolute Gasteiger partial charge is 0.478 e. The van der Waals surface area contributed by atoms with Gasteiger partial charge in [-0.25, -0.2) is 9.18 Å². The van der Waals surface area contributed by atoms with Gasteiger partial charge >= 0.3 is 5.97 Å². The fraction of sp³-hybridized carbons (Fsp3) is 0.211. The summed E-state index contributed by atoms with van der Waals surface area (Å²) < 4.78 is 14.1. The van der Waals surface area contributed by atoms with Crippen LogP contribution in [0.3, 0.4) is 0 Å². The summed E-state index contributed by atoms with van der Waals surface area (Å²) in [4.78, 5) is 11.0. The third kappa shape index (κ3) is 2.38. The molecule has 3 atom stereocenters. The molecule has 4 rings (SSSR count). The molecule has 3 nitrogen and oxygen atoms in total. The minimum atomic E-state index is -1.26. The van der Waals surface area contributed by atoms with Gasteiger partial charge in [0.15, 0.2) is 0 Å². The highest BCUT2D eigenvalue weighted by molar-refractivity contribution is 6.30. The first-order valence-corrected chi connectivity index (χ1v) is 8.18. The second-order valence-corrected chi connectivity index (χ2v) is 6.68. The van der Waals surface area contributed by atoms with Crippen molar-refractivity contribution in [2.75, 3.05) is 5.32 Å². The number of hydrogen-bond acceptors (Lipinski definition) is 2. The molecule has 0 saturated heterocycles. The summed E-state index contributed by atoms with van der Waals surface area (Å²) in [6.45, 7) is 0. The third-order valence-corrected chi connectivity index (χ3v) is 5.14. The van der Waals surface area contributed by atoms with Crippen LogP contribution in [-0.2, 0) is 0 Å². The summed E-state index contributed by atoms with van der Waals surface area (Å²) in [7, 11) is 0. The van der Waals surface area contributed by atoms with Crippen molar-refractivity contribution in [1.29, 1.82) is 0 Å². The van der Waals surface area contributed by atoms with Crippen molar-refractivity contribution < 1.29 is 14.3 Å². The molecule has 0 radical (unpaired) electrons. The Hall–Kier alpha value is -2.33. The molecule has 2 aliphatic rings. The lowest BCUT2D eigenvalue weighted by Crippen LogP contribution is -2.28. The van der Waals surface area contributed by atoms with Gasteiger partial charge in [0.1, 0.15) is 5.82 Å². The molecule has 1 aliphatic heterocycles. The molecule has 1 aliphatic carbocycles. The predicted octanol–water partition coefficient (Wildman–Crippen LogP) is 5.00. The zero-order chi connectivity index (χ0) is 16.8. The molecule has 0 spiro atoms. The van der Waals surface area contributed by atoms with Crippen LogP contribution in [0.15, 0.2) is 48.6 Å². The Morgan fingerprint density at radius 3 is 2.83 bits per heavy atom. The second kappa shape index (κ2) is 5.64. The number of carboxylic acid groups (broad SMARTS) is 1. The summed E-state index contributed by atoms with van der Waals surface area (Å²) in [6, 6.07) is 10.0. The van der Waals surface area contributed by atoms with E-state index in [2.05, 4.69) is 17.5 Å². The van der Waals surface area contributed by atoms with Crippen LogP contribution in [0.4, 0.5) is 10.1 Å². The number of halogens is 2. The molecule has 5 heteroatoms. The summed E-state index contributed by atoms with van der Waals surface area (Å²) in [5.74, 6) is -1.48. The van der Waals surface area contributed by atoms with Crippen molar-refractivity contribution in [3.05, 3.63) is 76.1 Å². The number of allylic oxidation sites excluding steroid dienone is 1. The quantitative estimate of drug-likeness (QED) is 0.754. The Bertz CT molecular complexity index is 864. The molecule has 122 valence electrons. The predicted molar refractivity (Wildman–Crippen MR) is 91.2 cm³/mol. The second-order valence-electron chi connectivity index (χ2n) is 6.25. The number of hydrogen-bond donors (Lipinski definition) is 2. The lowest BCUT2D eigenvalue weighted by atomic mass is 9.77. The molecule has 0 aromatic heterocycles. The molecule has 24 heavy (non-hydrogen) atoms. The van der Waals surface area contributed by atoms with E-state index in [1.807, 2.05) is 18.2 Å². The highest BCUT2D eigenvalue weighted by Crippen LogP contribution is 2.50. The summed E-state index contributed by atoms with van der Waals surface area (Å²) >= 11 is 6.13. The lowest BCUT2D eigenvalue weighted by molar-refractivity contribution is 0.0692. The maximum Gasteiger partial charge on any atom is 0.338 e. The molecule has 0 bridgehead atoms. The standard InChI is InChI=1S/C19H15ClFNO2/c20-11-5-7-17-15(9-11)12-2-1-3-13(12)18(22-17)10-4-6-14(19(23)24)16(21)8-10/h1,3-9,12-13,18,22H,2H2,(H,23,24)/t12-,13+,18+/m1/s1. The number of carbonyl (C=O) groups is 1. The first kappa shape index (κ1) is 15.2. The van der Waals surface area contributed by atoms with Crippen LogP contribution in [0.25, 0.3) is 0 Å². The zero-order valence-electron chi connectivity index (χ0n) is 12.7. The average molecular weight is 344 g/mol. The van der Waals surface area contributed by atoms with Crippen molar-refractivity contribution in [3.8, 4) is 0 Å². The van der Waals surface area contributed by atoms with Crippen molar-refractivity contribution >= 4 is 23.3 Å². The maximum absolute atomic E-state index is 14.1. The maximum atomic E-state index is 14.1. The van der Waals surface area contributed by atoms with E-state index in [1.54, 1.807) is 6.07 Å². The van der Waals surface area contributed by atoms with E-state index in [1.165, 1.54) is 17.7 Å². The van der Waals surface area contributed by atoms with Crippen LogP contribution >= 0.6 is 11.6 Å². The Morgan fingerprint density at radius 1 is 1.25 bits per heavy atom. The van der Waals surface area contributed by atoms with Crippen molar-refractivity contribution in [1.82, 2.24) is 0 Å². The highest BCUT2D eigenvalue weighted by atomic mass is 35.5. The van der Waals surface area contributed by atoms with Gasteiger partial charge in [0.05, 0.1) is 11.6 Å². The van der Waals surface area contributed by atoms with Gasteiger partial charge in [-0.05, 0) is 53.8 Å². The number of aromatic carboxylic acids is 1. The van der Waals surface area contributed by atoms with Crippen LogP contribution in [0.2, 0.25) is 5.02 Å². The Balaban J connectivity index is 1.76. The smallest absolute Gasteiger partial charge is 0.338 e. The van der Waals surface area contributed by atoms with Crippen LogP contribution < -0.4 is 5.32 Å². The van der Waals surface area contributed by atoms with E-state index in [9.17, 15) is 9.18 Å². The normalized spacial score (nSPS) is 24.2. The van der Waals surface area contributed by atoms with Gasteiger partial charge in [-0.3, -0.25) is 0 Å². The van der Waals surface area contributed by atoms with Gasteiger partial charge < -0.3 is 10.4 Å². The van der Waals surface area contributed by atoms with Crippen molar-refractivity contribution in [2.24, 2.45) is 5.92 Å². The molecule has 2 aromatic rings. The molecule has 2 N–H and O–H groups in total. The van der Waals surface area contributed by atoms with Crippen LogP contribution in [-0.4, -0.2) is 11.1 Å². The minimum Gasteiger partial charge on any atom is -0.478 e. The Kier molecular flexibility index (Phi) is 3.57. The lowest BCUT2D eigenvalue weighted by Gasteiger charge is -2.37. The first-order chi connectivity index (χ1) is 11.5. The SMILES string of the molecule is O=C(O)c1ccc([C@@H]2Nc3ccc(Cl)cc3[C@@H]3CC=C[C@@H]32)cc1F. The van der Waals surface area contributed by atoms with Crippen molar-refractivity contribution in [2.45, 2.75) is 18.4 Å². The van der Waals surface area contributed by atoms with Gasteiger partial charge in [0.25, 0.3) is 0 Å². The number of anilines is 1. The molecule has 0 amide bonds. The number of carboxylic acids is 1. The van der Waals surface area contributed by atoms with Gasteiger partial charge in [0, 0.05) is 16.6 Å². The van der Waals surface area contributed by atoms with Crippen LogP contribution in [0.1, 0.15) is 39.9 Å². The molecular weight excluding hydrogens is 329 g/mol. The van der Waals surface area contributed by atoms with E-state index in [4.69, 9.17) is 16.7 Å². The van der Waals surface area contributed by atoms with Gasteiger partial charge in [-0.15, -0.1) is 0 Å². The van der Waals surface area contributed by atoms with Gasteiger partial charge in [-0.1, -0.05) is 29.8 Å². The van der Waals surface area contributed by atoms with E-state index >= 15 is 0 Å². The summed E-state index contributed by atoms with van der Waals surface area (Å²) in [6.07, 6.45) is 5.21. The fourth-order valence-corrected chi connectivity index (χ4v) is 3.97. The zero-order valence-corrected chi connectivity index (χ0v) is 13.4. The topological polar surface area (TPSA) is 49.3 Å². The van der Waals surface area contributed by atoms with E-state index in [-0.39, 0.29) is 17.5 Å².